The Labute approximate surface area is 311 Å². The van der Waals surface area contributed by atoms with Crippen molar-refractivity contribution in [1.82, 2.24) is 4.57 Å². The number of allylic oxidation sites excluding steroid dienone is 3. The minimum absolute atomic E-state index is 0.0972. The van der Waals surface area contributed by atoms with Gasteiger partial charge >= 0.3 is 5.97 Å². The Morgan fingerprint density at radius 3 is 1.83 bits per heavy atom. The third-order valence-corrected chi connectivity index (χ3v) is 10.1. The van der Waals surface area contributed by atoms with Crippen LogP contribution in [-0.4, -0.2) is 27.2 Å². The topological polar surface area (TPSA) is 76.4 Å². The van der Waals surface area contributed by atoms with Crippen molar-refractivity contribution < 1.29 is 19.5 Å². The summed E-state index contributed by atoms with van der Waals surface area (Å²) >= 11 is 0. The number of nitrogens with zero attached hydrogens (tertiary/aromatic N) is 1. The monoisotopic (exact) mass is 697 g/mol. The van der Waals surface area contributed by atoms with Crippen LogP contribution in [0.2, 0.25) is 0 Å². The molecule has 0 amide bonds. The van der Waals surface area contributed by atoms with Crippen LogP contribution in [0.1, 0.15) is 53.3 Å². The van der Waals surface area contributed by atoms with Gasteiger partial charge in [-0.1, -0.05) is 121 Å². The predicted octanol–water partition coefficient (Wildman–Crippen LogP) is 11.2. The molecule has 0 radical (unpaired) electrons. The highest BCUT2D eigenvalue weighted by Gasteiger charge is 2.33. The molecule has 1 aromatic heterocycles. The molecule has 0 spiro atoms. The number of Topliss-reactive ketones (excluding diaryl/α,β-unsaturated/α-hetero) is 2. The fourth-order valence-corrected chi connectivity index (χ4v) is 7.44. The first-order valence-electron chi connectivity index (χ1n) is 17.7. The molecule has 256 valence electrons. The number of benzene rings is 7. The van der Waals surface area contributed by atoms with E-state index in [2.05, 4.69) is 108 Å². The maximum Gasteiger partial charge on any atom is 0.335 e. The van der Waals surface area contributed by atoms with Crippen molar-refractivity contribution >= 4 is 67.8 Å². The van der Waals surface area contributed by atoms with Crippen LogP contribution < -0.4 is 0 Å². The Bertz CT molecular complexity index is 2870. The number of hydrogen-bond acceptors (Lipinski definition) is 3. The zero-order valence-corrected chi connectivity index (χ0v) is 28.9. The van der Waals surface area contributed by atoms with Crippen LogP contribution in [0.4, 0.5) is 0 Å². The van der Waals surface area contributed by atoms with Crippen molar-refractivity contribution in [2.24, 2.45) is 0 Å². The van der Waals surface area contributed by atoms with Crippen molar-refractivity contribution in [3.05, 3.63) is 214 Å². The molecule has 54 heavy (non-hydrogen) atoms. The van der Waals surface area contributed by atoms with Gasteiger partial charge in [-0.15, -0.1) is 0 Å². The SMILES string of the molecule is O=C(O)c1ccc2cc3c(cc2c1)C(=O)C(=Cc1ccc2c(c1)c1ccccc1n2-c1ccc(/C=C/C=C(c2ccccc2)c2ccccc2)cc1)C3=O. The van der Waals surface area contributed by atoms with Gasteiger partial charge in [-0.3, -0.25) is 9.59 Å². The molecular weight excluding hydrogens is 667 g/mol. The van der Waals surface area contributed by atoms with Crippen molar-refractivity contribution in [3.8, 4) is 5.69 Å². The maximum atomic E-state index is 13.6. The van der Waals surface area contributed by atoms with E-state index >= 15 is 0 Å². The van der Waals surface area contributed by atoms with Gasteiger partial charge < -0.3 is 9.67 Å². The van der Waals surface area contributed by atoms with Gasteiger partial charge in [-0.05, 0) is 99.3 Å². The van der Waals surface area contributed by atoms with Gasteiger partial charge in [0.2, 0.25) is 0 Å². The van der Waals surface area contributed by atoms with E-state index in [0.717, 1.165) is 55.3 Å². The Morgan fingerprint density at radius 1 is 0.537 bits per heavy atom. The van der Waals surface area contributed by atoms with Crippen LogP contribution >= 0.6 is 0 Å². The molecule has 1 N–H and O–H groups in total. The highest BCUT2D eigenvalue weighted by atomic mass is 16.4. The van der Waals surface area contributed by atoms with Crippen LogP contribution in [0.15, 0.2) is 175 Å². The van der Waals surface area contributed by atoms with Crippen LogP contribution in [0, 0.1) is 0 Å². The summed E-state index contributed by atoms with van der Waals surface area (Å²) in [5.41, 5.74) is 9.21. The summed E-state index contributed by atoms with van der Waals surface area (Å²) < 4.78 is 2.23. The zero-order chi connectivity index (χ0) is 36.8. The minimum Gasteiger partial charge on any atom is -0.478 e. The molecular formula is C49H31NO4. The van der Waals surface area contributed by atoms with Gasteiger partial charge in [0.15, 0.2) is 11.6 Å². The lowest BCUT2D eigenvalue weighted by molar-refractivity contribution is 0.0696. The number of carboxylic acid groups (broad SMARTS) is 1. The van der Waals surface area contributed by atoms with Crippen molar-refractivity contribution in [3.63, 3.8) is 0 Å². The average molecular weight is 698 g/mol. The summed E-state index contributed by atoms with van der Waals surface area (Å²) in [6.45, 7) is 0. The number of hydrogen-bond donors (Lipinski definition) is 1. The smallest absolute Gasteiger partial charge is 0.335 e. The first-order valence-corrected chi connectivity index (χ1v) is 17.7. The number of aromatic nitrogens is 1. The van der Waals surface area contributed by atoms with E-state index in [1.165, 1.54) is 12.1 Å². The van der Waals surface area contributed by atoms with Gasteiger partial charge in [0, 0.05) is 27.6 Å². The second kappa shape index (κ2) is 13.3. The summed E-state index contributed by atoms with van der Waals surface area (Å²) in [4.78, 5) is 38.6. The Balaban J connectivity index is 1.04. The molecule has 1 aliphatic carbocycles. The third-order valence-electron chi connectivity index (χ3n) is 10.1. The Kier molecular flexibility index (Phi) is 8.02. The van der Waals surface area contributed by atoms with E-state index in [0.29, 0.717) is 21.9 Å². The molecule has 9 rings (SSSR count). The van der Waals surface area contributed by atoms with Gasteiger partial charge in [0.05, 0.1) is 22.2 Å². The van der Waals surface area contributed by atoms with Crippen LogP contribution in [0.3, 0.4) is 0 Å². The van der Waals surface area contributed by atoms with Gasteiger partial charge in [-0.25, -0.2) is 4.79 Å². The van der Waals surface area contributed by atoms with Crippen LogP contribution in [0.25, 0.3) is 56.0 Å². The summed E-state index contributed by atoms with van der Waals surface area (Å²) in [5.74, 6) is -1.74. The summed E-state index contributed by atoms with van der Waals surface area (Å²) in [6.07, 6.45) is 8.03. The summed E-state index contributed by atoms with van der Waals surface area (Å²) in [5, 5.41) is 12.8. The average Bonchev–Trinajstić information content (AvgIpc) is 3.65. The number of carbonyl (C=O) groups excluding carboxylic acids is 2. The highest BCUT2D eigenvalue weighted by Crippen LogP contribution is 2.36. The van der Waals surface area contributed by atoms with E-state index in [1.54, 1.807) is 24.3 Å². The molecule has 0 unspecified atom stereocenters. The molecule has 0 saturated heterocycles. The first kappa shape index (κ1) is 32.5. The normalized spacial score (nSPS) is 13.4. The highest BCUT2D eigenvalue weighted by molar-refractivity contribution is 6.42. The molecule has 8 aromatic rings. The molecule has 7 aromatic carbocycles. The fraction of sp³-hybridized carbons (Fsp3) is 0. The molecule has 0 bridgehead atoms. The van der Waals surface area contributed by atoms with E-state index in [1.807, 2.05) is 42.5 Å². The number of rotatable bonds is 7. The number of carbonyl (C=O) groups is 3. The molecule has 0 fully saturated rings. The fourth-order valence-electron chi connectivity index (χ4n) is 7.44. The third kappa shape index (κ3) is 5.74. The molecule has 0 atom stereocenters. The lowest BCUT2D eigenvalue weighted by Crippen LogP contribution is -2.00. The molecule has 5 nitrogen and oxygen atoms in total. The molecule has 0 saturated carbocycles. The van der Waals surface area contributed by atoms with E-state index in [9.17, 15) is 19.5 Å². The van der Waals surface area contributed by atoms with Crippen LogP contribution in [-0.2, 0) is 0 Å². The second-order valence-corrected chi connectivity index (χ2v) is 13.4. The lowest BCUT2D eigenvalue weighted by Gasteiger charge is -2.09. The first-order chi connectivity index (χ1) is 26.4. The van der Waals surface area contributed by atoms with Crippen molar-refractivity contribution in [2.75, 3.05) is 0 Å². The van der Waals surface area contributed by atoms with Gasteiger partial charge in [-0.2, -0.15) is 0 Å². The quantitative estimate of drug-likeness (QED) is 0.102. The number of para-hydroxylation sites is 1. The van der Waals surface area contributed by atoms with Crippen molar-refractivity contribution in [2.45, 2.75) is 0 Å². The second-order valence-electron chi connectivity index (χ2n) is 13.4. The van der Waals surface area contributed by atoms with E-state index < -0.39 is 5.97 Å². The molecule has 1 aliphatic rings. The van der Waals surface area contributed by atoms with Gasteiger partial charge in [0.1, 0.15) is 0 Å². The zero-order valence-electron chi connectivity index (χ0n) is 28.9. The number of carboxylic acids is 1. The van der Waals surface area contributed by atoms with E-state index in [-0.39, 0.29) is 22.7 Å². The summed E-state index contributed by atoms with van der Waals surface area (Å²) in [6, 6.07) is 51.5. The number of fused-ring (bicyclic) bond motifs is 5. The largest absolute Gasteiger partial charge is 0.478 e. The van der Waals surface area contributed by atoms with Crippen molar-refractivity contribution in [1.29, 1.82) is 0 Å². The lowest BCUT2D eigenvalue weighted by atomic mass is 9.97. The van der Waals surface area contributed by atoms with E-state index in [4.69, 9.17) is 0 Å². The standard InChI is InChI=1S/C49H31NO4/c51-47-42-29-35-21-22-36(49(53)54)28-37(35)30-43(42)48(52)44(47)27-32-20-25-46-41(26-32)40-15-7-8-17-45(40)50(46)38-23-18-31(19-24-38)10-9-16-39(33-11-3-1-4-12-33)34-13-5-2-6-14-34/h1-30H,(H,53,54)/b10-9+,44-27?. The number of ketones is 2. The Hall–Kier alpha value is -7.37. The Morgan fingerprint density at radius 2 is 1.15 bits per heavy atom. The van der Waals surface area contributed by atoms with Gasteiger partial charge in [0.25, 0.3) is 0 Å². The molecule has 0 aliphatic heterocycles. The predicted molar refractivity (Wildman–Crippen MR) is 217 cm³/mol. The summed E-state index contributed by atoms with van der Waals surface area (Å²) in [7, 11) is 0. The molecule has 5 heteroatoms. The minimum atomic E-state index is -1.05. The number of aromatic carboxylic acids is 1. The van der Waals surface area contributed by atoms with Crippen LogP contribution in [0.5, 0.6) is 0 Å². The maximum absolute atomic E-state index is 13.6. The molecule has 1 heterocycles.